The molecule has 0 radical (unpaired) electrons. The van der Waals surface area contributed by atoms with E-state index in [9.17, 15) is 10.2 Å². The fourth-order valence-corrected chi connectivity index (χ4v) is 3.79. The van der Waals surface area contributed by atoms with Gasteiger partial charge >= 0.3 is 0 Å². The summed E-state index contributed by atoms with van der Waals surface area (Å²) in [5.74, 6) is 2.99. The summed E-state index contributed by atoms with van der Waals surface area (Å²) >= 11 is 6.18. The zero-order valence-electron chi connectivity index (χ0n) is 14.7. The molecule has 1 aliphatic rings. The smallest absolute Gasteiger partial charge is 0.156 e. The van der Waals surface area contributed by atoms with Gasteiger partial charge in [0, 0.05) is 27.9 Å². The Kier molecular flexibility index (Phi) is 4.18. The lowest BCUT2D eigenvalue weighted by atomic mass is 9.77. The van der Waals surface area contributed by atoms with Gasteiger partial charge in [-0.3, -0.25) is 0 Å². The van der Waals surface area contributed by atoms with Crippen LogP contribution in [0.25, 0.3) is 22.0 Å². The number of nitrogens with one attached hydrogen (secondary N) is 1. The number of halogens is 1. The Hall–Kier alpha value is -2.81. The summed E-state index contributed by atoms with van der Waals surface area (Å²) in [5.41, 5.74) is 0.799. The van der Waals surface area contributed by atoms with E-state index < -0.39 is 5.60 Å². The van der Waals surface area contributed by atoms with Crippen LogP contribution >= 0.6 is 11.6 Å². The van der Waals surface area contributed by atoms with Crippen molar-refractivity contribution >= 4 is 28.2 Å². The number of aromatic hydroxyl groups is 1. The Morgan fingerprint density at radius 3 is 2.56 bits per heavy atom. The highest BCUT2D eigenvalue weighted by molar-refractivity contribution is 6.33. The fraction of sp³-hybridized carbons (Fsp3) is 0.238. The normalized spacial score (nSPS) is 21.5. The van der Waals surface area contributed by atoms with Crippen LogP contribution in [0.3, 0.4) is 0 Å². The van der Waals surface area contributed by atoms with E-state index >= 15 is 0 Å². The van der Waals surface area contributed by atoms with Gasteiger partial charge in [0.05, 0.1) is 10.6 Å². The molecular formula is C21H18ClN3O2. The number of phenolic OH excluding ortho intramolecular Hbond substituents is 1. The third-order valence-corrected chi connectivity index (χ3v) is 5.31. The molecule has 0 saturated heterocycles. The van der Waals surface area contributed by atoms with Crippen molar-refractivity contribution in [2.75, 3.05) is 5.32 Å². The zero-order valence-corrected chi connectivity index (χ0v) is 15.5. The van der Waals surface area contributed by atoms with Crippen LogP contribution in [0.4, 0.5) is 5.82 Å². The number of aromatic nitrogens is 2. The predicted molar refractivity (Wildman–Crippen MR) is 107 cm³/mol. The van der Waals surface area contributed by atoms with E-state index in [1.807, 2.05) is 31.2 Å². The molecular weight excluding hydrogens is 362 g/mol. The van der Waals surface area contributed by atoms with Gasteiger partial charge in [0.15, 0.2) is 5.82 Å². The van der Waals surface area contributed by atoms with Gasteiger partial charge in [0.1, 0.15) is 11.4 Å². The first kappa shape index (κ1) is 17.6. The van der Waals surface area contributed by atoms with Crippen LogP contribution in [0, 0.1) is 12.3 Å². The van der Waals surface area contributed by atoms with Crippen LogP contribution in [0.2, 0.25) is 5.02 Å². The van der Waals surface area contributed by atoms with Gasteiger partial charge in [-0.1, -0.05) is 41.8 Å². The number of hydrogen-bond acceptors (Lipinski definition) is 5. The molecule has 0 unspecified atom stereocenters. The maximum absolute atomic E-state index is 10.5. The standard InChI is InChI=1S/C21H18ClN3O2/c1-3-12-8-9-16(19(26)17(12)22)18-14-6-4-5-7-15(14)20(25-24-18)23-13-10-21(2,27)11-13/h1,4-9,13,26-27H,10-11H2,2H3,(H,23,25). The number of phenols is 1. The Morgan fingerprint density at radius 2 is 1.89 bits per heavy atom. The first-order valence-corrected chi connectivity index (χ1v) is 9.00. The Bertz CT molecular complexity index is 1080. The summed E-state index contributed by atoms with van der Waals surface area (Å²) < 4.78 is 0. The highest BCUT2D eigenvalue weighted by Crippen LogP contribution is 2.40. The molecule has 0 amide bonds. The highest BCUT2D eigenvalue weighted by atomic mass is 35.5. The molecule has 1 aliphatic carbocycles. The molecule has 2 aromatic carbocycles. The van der Waals surface area contributed by atoms with E-state index in [4.69, 9.17) is 18.0 Å². The highest BCUT2D eigenvalue weighted by Gasteiger charge is 2.38. The van der Waals surface area contributed by atoms with Crippen molar-refractivity contribution in [1.29, 1.82) is 0 Å². The number of rotatable bonds is 3. The molecule has 6 heteroatoms. The Labute approximate surface area is 162 Å². The number of anilines is 1. The second-order valence-electron chi connectivity index (χ2n) is 7.16. The Morgan fingerprint density at radius 1 is 1.19 bits per heavy atom. The van der Waals surface area contributed by atoms with Crippen molar-refractivity contribution in [3.8, 4) is 29.4 Å². The molecule has 3 N–H and O–H groups in total. The van der Waals surface area contributed by atoms with E-state index in [2.05, 4.69) is 21.4 Å². The number of benzene rings is 2. The van der Waals surface area contributed by atoms with Crippen molar-refractivity contribution in [3.63, 3.8) is 0 Å². The SMILES string of the molecule is C#Cc1ccc(-c2nnc(NC3CC(C)(O)C3)c3ccccc23)c(O)c1Cl. The first-order valence-electron chi connectivity index (χ1n) is 8.62. The second kappa shape index (κ2) is 6.41. The van der Waals surface area contributed by atoms with Crippen molar-refractivity contribution < 1.29 is 10.2 Å². The third-order valence-electron chi connectivity index (χ3n) is 4.93. The first-order chi connectivity index (χ1) is 12.9. The summed E-state index contributed by atoms with van der Waals surface area (Å²) in [5, 5.41) is 34.3. The third kappa shape index (κ3) is 3.08. The summed E-state index contributed by atoms with van der Waals surface area (Å²) in [6, 6.07) is 11.2. The molecule has 1 aromatic heterocycles. The van der Waals surface area contributed by atoms with Crippen LogP contribution < -0.4 is 5.32 Å². The zero-order chi connectivity index (χ0) is 19.2. The average molecular weight is 380 g/mol. The molecule has 0 bridgehead atoms. The van der Waals surface area contributed by atoms with Gasteiger partial charge in [-0.15, -0.1) is 16.6 Å². The van der Waals surface area contributed by atoms with E-state index in [0.717, 1.165) is 10.8 Å². The van der Waals surface area contributed by atoms with Crippen LogP contribution in [-0.4, -0.2) is 32.1 Å². The maximum Gasteiger partial charge on any atom is 0.156 e. The molecule has 0 atom stereocenters. The second-order valence-corrected chi connectivity index (χ2v) is 7.53. The number of hydrogen-bond donors (Lipinski definition) is 3. The minimum absolute atomic E-state index is 0.109. The molecule has 1 fully saturated rings. The van der Waals surface area contributed by atoms with Crippen LogP contribution in [0.15, 0.2) is 36.4 Å². The summed E-state index contributed by atoms with van der Waals surface area (Å²) in [6.45, 7) is 1.82. The minimum Gasteiger partial charge on any atom is -0.506 e. The van der Waals surface area contributed by atoms with E-state index in [-0.39, 0.29) is 16.8 Å². The predicted octanol–water partition coefficient (Wildman–Crippen LogP) is 3.96. The molecule has 0 aliphatic heterocycles. The van der Waals surface area contributed by atoms with Gasteiger partial charge in [-0.25, -0.2) is 0 Å². The van der Waals surface area contributed by atoms with Crippen LogP contribution in [-0.2, 0) is 0 Å². The van der Waals surface area contributed by atoms with Crippen LogP contribution in [0.1, 0.15) is 25.3 Å². The molecule has 136 valence electrons. The van der Waals surface area contributed by atoms with Crippen molar-refractivity contribution in [1.82, 2.24) is 10.2 Å². The molecule has 1 saturated carbocycles. The van der Waals surface area contributed by atoms with Gasteiger partial charge in [-0.05, 0) is 31.9 Å². The lowest BCUT2D eigenvalue weighted by Gasteiger charge is -2.41. The van der Waals surface area contributed by atoms with Crippen molar-refractivity contribution in [2.45, 2.75) is 31.4 Å². The van der Waals surface area contributed by atoms with Gasteiger partial charge < -0.3 is 15.5 Å². The quantitative estimate of drug-likeness (QED) is 0.600. The van der Waals surface area contributed by atoms with Crippen molar-refractivity contribution in [2.24, 2.45) is 0 Å². The van der Waals surface area contributed by atoms with E-state index in [0.29, 0.717) is 35.5 Å². The minimum atomic E-state index is -0.623. The molecule has 1 heterocycles. The van der Waals surface area contributed by atoms with Crippen molar-refractivity contribution in [3.05, 3.63) is 47.0 Å². The lowest BCUT2D eigenvalue weighted by molar-refractivity contribution is -0.0235. The van der Waals surface area contributed by atoms with Gasteiger partial charge in [0.25, 0.3) is 0 Å². The van der Waals surface area contributed by atoms with E-state index in [1.165, 1.54) is 0 Å². The number of nitrogens with zero attached hydrogens (tertiary/aromatic N) is 2. The average Bonchev–Trinajstić information content (AvgIpc) is 2.63. The summed E-state index contributed by atoms with van der Waals surface area (Å²) in [4.78, 5) is 0. The topological polar surface area (TPSA) is 78.3 Å². The van der Waals surface area contributed by atoms with Crippen LogP contribution in [0.5, 0.6) is 5.75 Å². The number of aliphatic hydroxyl groups is 1. The lowest BCUT2D eigenvalue weighted by Crippen LogP contribution is -2.48. The largest absolute Gasteiger partial charge is 0.506 e. The summed E-state index contributed by atoms with van der Waals surface area (Å²) in [6.07, 6.45) is 6.73. The molecule has 3 aromatic rings. The molecule has 4 rings (SSSR count). The monoisotopic (exact) mass is 379 g/mol. The fourth-order valence-electron chi connectivity index (χ4n) is 3.57. The molecule has 27 heavy (non-hydrogen) atoms. The van der Waals surface area contributed by atoms with Gasteiger partial charge in [0.2, 0.25) is 0 Å². The maximum atomic E-state index is 10.5. The van der Waals surface area contributed by atoms with Gasteiger partial charge in [-0.2, -0.15) is 0 Å². The van der Waals surface area contributed by atoms with E-state index in [1.54, 1.807) is 12.1 Å². The number of fused-ring (bicyclic) bond motifs is 1. The molecule has 5 nitrogen and oxygen atoms in total. The Balaban J connectivity index is 1.79. The molecule has 0 spiro atoms. The summed E-state index contributed by atoms with van der Waals surface area (Å²) in [7, 11) is 0. The number of terminal acetylenes is 1.